The molecular formula is C15H19FN2O3. The van der Waals surface area contributed by atoms with Crippen molar-refractivity contribution in [1.29, 1.82) is 0 Å². The highest BCUT2D eigenvalue weighted by Gasteiger charge is 2.44. The van der Waals surface area contributed by atoms with E-state index in [4.69, 9.17) is 5.11 Å². The maximum atomic E-state index is 13.3. The highest BCUT2D eigenvalue weighted by molar-refractivity contribution is 5.75. The van der Waals surface area contributed by atoms with Gasteiger partial charge in [-0.05, 0) is 30.5 Å². The van der Waals surface area contributed by atoms with Crippen molar-refractivity contribution in [3.8, 4) is 0 Å². The van der Waals surface area contributed by atoms with Crippen molar-refractivity contribution in [2.45, 2.75) is 24.7 Å². The molecule has 1 aliphatic rings. The average Bonchev–Trinajstić information content (AvgIpc) is 3.23. The first kappa shape index (κ1) is 15.3. The minimum atomic E-state index is -0.937. The minimum absolute atomic E-state index is 0.0844. The quantitative estimate of drug-likeness (QED) is 0.843. The predicted molar refractivity (Wildman–Crippen MR) is 75.6 cm³/mol. The first-order valence-electron chi connectivity index (χ1n) is 6.90. The van der Waals surface area contributed by atoms with Gasteiger partial charge in [0.2, 0.25) is 0 Å². The Morgan fingerprint density at radius 1 is 1.43 bits per heavy atom. The maximum absolute atomic E-state index is 13.3. The van der Waals surface area contributed by atoms with E-state index < -0.39 is 5.97 Å². The Bertz CT molecular complexity index is 543. The van der Waals surface area contributed by atoms with Gasteiger partial charge >= 0.3 is 12.0 Å². The summed E-state index contributed by atoms with van der Waals surface area (Å²) in [5, 5.41) is 11.4. The lowest BCUT2D eigenvalue weighted by atomic mass is 9.96. The normalized spacial score (nSPS) is 15.3. The number of aliphatic carboxylic acids is 1. The summed E-state index contributed by atoms with van der Waals surface area (Å²) in [5.74, 6) is -1.21. The van der Waals surface area contributed by atoms with E-state index in [0.29, 0.717) is 6.54 Å². The summed E-state index contributed by atoms with van der Waals surface area (Å²) >= 11 is 0. The fourth-order valence-electron chi connectivity index (χ4n) is 2.28. The molecule has 1 aromatic rings. The number of rotatable bonds is 6. The molecule has 2 amide bonds. The smallest absolute Gasteiger partial charge is 0.317 e. The number of nitrogens with zero attached hydrogens (tertiary/aromatic N) is 1. The van der Waals surface area contributed by atoms with Crippen molar-refractivity contribution in [3.63, 3.8) is 0 Å². The number of carbonyl (C=O) groups excluding carboxylic acids is 1. The van der Waals surface area contributed by atoms with Crippen molar-refractivity contribution in [1.82, 2.24) is 10.2 Å². The Balaban J connectivity index is 1.88. The SMILES string of the molecule is CN(CCC(=O)O)C(=O)NCC1(c2cccc(F)c2)CC1. The van der Waals surface area contributed by atoms with Crippen LogP contribution in [-0.4, -0.2) is 42.1 Å². The van der Waals surface area contributed by atoms with E-state index in [0.717, 1.165) is 18.4 Å². The first-order valence-corrected chi connectivity index (χ1v) is 6.90. The van der Waals surface area contributed by atoms with Crippen LogP contribution >= 0.6 is 0 Å². The van der Waals surface area contributed by atoms with Gasteiger partial charge in [0.1, 0.15) is 5.82 Å². The summed E-state index contributed by atoms with van der Waals surface area (Å²) in [5.41, 5.74) is 0.724. The molecule has 21 heavy (non-hydrogen) atoms. The molecule has 0 aromatic heterocycles. The Morgan fingerprint density at radius 2 is 2.14 bits per heavy atom. The summed E-state index contributed by atoms with van der Waals surface area (Å²) in [6, 6.07) is 6.14. The molecule has 2 rings (SSSR count). The number of benzene rings is 1. The molecule has 6 heteroatoms. The highest BCUT2D eigenvalue weighted by Crippen LogP contribution is 2.47. The number of carboxylic acid groups (broad SMARTS) is 1. The number of nitrogens with one attached hydrogen (secondary N) is 1. The van der Waals surface area contributed by atoms with E-state index in [2.05, 4.69) is 5.32 Å². The van der Waals surface area contributed by atoms with Crippen molar-refractivity contribution < 1.29 is 19.1 Å². The molecule has 1 fully saturated rings. The first-order chi connectivity index (χ1) is 9.93. The molecule has 0 aliphatic heterocycles. The van der Waals surface area contributed by atoms with E-state index >= 15 is 0 Å². The maximum Gasteiger partial charge on any atom is 0.317 e. The molecule has 1 aliphatic carbocycles. The molecule has 0 atom stereocenters. The van der Waals surface area contributed by atoms with Gasteiger partial charge in [-0.3, -0.25) is 4.79 Å². The summed E-state index contributed by atoms with van der Waals surface area (Å²) in [7, 11) is 1.56. The molecule has 1 aromatic carbocycles. The van der Waals surface area contributed by atoms with Gasteiger partial charge in [0.25, 0.3) is 0 Å². The number of urea groups is 1. The van der Waals surface area contributed by atoms with Crippen LogP contribution in [0.4, 0.5) is 9.18 Å². The van der Waals surface area contributed by atoms with E-state index in [1.54, 1.807) is 13.1 Å². The molecule has 2 N–H and O–H groups in total. The standard InChI is InChI=1S/C15H19FN2O3/c1-18(8-5-13(19)20)14(21)17-10-15(6-7-15)11-3-2-4-12(16)9-11/h2-4,9H,5-8,10H2,1H3,(H,17,21)(H,19,20). The molecule has 0 bridgehead atoms. The average molecular weight is 294 g/mol. The molecule has 0 saturated heterocycles. The zero-order valence-corrected chi connectivity index (χ0v) is 11.9. The summed E-state index contributed by atoms with van der Waals surface area (Å²) in [6.07, 6.45) is 1.74. The Kier molecular flexibility index (Phi) is 4.45. The zero-order valence-electron chi connectivity index (χ0n) is 11.9. The largest absolute Gasteiger partial charge is 0.481 e. The van der Waals surface area contributed by atoms with E-state index in [-0.39, 0.29) is 30.2 Å². The third-order valence-electron chi connectivity index (χ3n) is 3.88. The summed E-state index contributed by atoms with van der Waals surface area (Å²) in [6.45, 7) is 0.598. The Morgan fingerprint density at radius 3 is 2.71 bits per heavy atom. The lowest BCUT2D eigenvalue weighted by Gasteiger charge is -2.21. The molecule has 5 nitrogen and oxygen atoms in total. The second-order valence-corrected chi connectivity index (χ2v) is 5.51. The lowest BCUT2D eigenvalue weighted by molar-refractivity contribution is -0.137. The molecule has 0 unspecified atom stereocenters. The van der Waals surface area contributed by atoms with Crippen molar-refractivity contribution >= 4 is 12.0 Å². The van der Waals surface area contributed by atoms with Gasteiger partial charge in [0, 0.05) is 25.6 Å². The van der Waals surface area contributed by atoms with Crippen LogP contribution in [-0.2, 0) is 10.2 Å². The monoisotopic (exact) mass is 294 g/mol. The third-order valence-corrected chi connectivity index (χ3v) is 3.88. The second-order valence-electron chi connectivity index (χ2n) is 5.51. The predicted octanol–water partition coefficient (Wildman–Crippen LogP) is 1.97. The van der Waals surface area contributed by atoms with Crippen LogP contribution in [0.25, 0.3) is 0 Å². The fraction of sp³-hybridized carbons (Fsp3) is 0.467. The fourth-order valence-corrected chi connectivity index (χ4v) is 2.28. The molecule has 1 saturated carbocycles. The van der Waals surface area contributed by atoms with Gasteiger partial charge in [-0.25, -0.2) is 9.18 Å². The summed E-state index contributed by atoms with van der Waals surface area (Å²) in [4.78, 5) is 23.7. The van der Waals surface area contributed by atoms with Crippen LogP contribution in [0.1, 0.15) is 24.8 Å². The van der Waals surface area contributed by atoms with Gasteiger partial charge in [-0.2, -0.15) is 0 Å². The Hall–Kier alpha value is -2.11. The molecule has 0 spiro atoms. The number of carboxylic acids is 1. The topological polar surface area (TPSA) is 69.6 Å². The number of hydrogen-bond acceptors (Lipinski definition) is 2. The molecule has 0 radical (unpaired) electrons. The van der Waals surface area contributed by atoms with Crippen LogP contribution in [0.2, 0.25) is 0 Å². The van der Waals surface area contributed by atoms with Crippen molar-refractivity contribution in [3.05, 3.63) is 35.6 Å². The van der Waals surface area contributed by atoms with Gasteiger partial charge in [-0.15, -0.1) is 0 Å². The Labute approximate surface area is 122 Å². The van der Waals surface area contributed by atoms with Crippen LogP contribution in [0.3, 0.4) is 0 Å². The number of halogens is 1. The van der Waals surface area contributed by atoms with Crippen LogP contribution < -0.4 is 5.32 Å². The number of hydrogen-bond donors (Lipinski definition) is 2. The van der Waals surface area contributed by atoms with Crippen molar-refractivity contribution in [2.75, 3.05) is 20.1 Å². The van der Waals surface area contributed by atoms with E-state index in [9.17, 15) is 14.0 Å². The number of amides is 2. The molecule has 114 valence electrons. The van der Waals surface area contributed by atoms with Crippen molar-refractivity contribution in [2.24, 2.45) is 0 Å². The highest BCUT2D eigenvalue weighted by atomic mass is 19.1. The molecule has 0 heterocycles. The minimum Gasteiger partial charge on any atom is -0.481 e. The van der Waals surface area contributed by atoms with E-state index in [1.807, 2.05) is 6.07 Å². The summed E-state index contributed by atoms with van der Waals surface area (Å²) < 4.78 is 13.3. The zero-order chi connectivity index (χ0) is 15.5. The second kappa shape index (κ2) is 6.11. The van der Waals surface area contributed by atoms with Gasteiger partial charge < -0.3 is 15.3 Å². The third kappa shape index (κ3) is 3.93. The van der Waals surface area contributed by atoms with Gasteiger partial charge in [0.05, 0.1) is 6.42 Å². The van der Waals surface area contributed by atoms with Gasteiger partial charge in [0.15, 0.2) is 0 Å². The van der Waals surface area contributed by atoms with Crippen LogP contribution in [0.5, 0.6) is 0 Å². The van der Waals surface area contributed by atoms with Gasteiger partial charge in [-0.1, -0.05) is 12.1 Å². The lowest BCUT2D eigenvalue weighted by Crippen LogP contribution is -2.41. The number of carbonyl (C=O) groups is 2. The molecular weight excluding hydrogens is 275 g/mol. The van der Waals surface area contributed by atoms with Crippen LogP contribution in [0.15, 0.2) is 24.3 Å². The van der Waals surface area contributed by atoms with E-state index in [1.165, 1.54) is 17.0 Å². The van der Waals surface area contributed by atoms with Crippen LogP contribution in [0, 0.1) is 5.82 Å².